The van der Waals surface area contributed by atoms with E-state index >= 15 is 0 Å². The van der Waals surface area contributed by atoms with Crippen LogP contribution >= 0.6 is 0 Å². The van der Waals surface area contributed by atoms with Crippen molar-refractivity contribution in [3.8, 4) is 0 Å². The van der Waals surface area contributed by atoms with Crippen molar-refractivity contribution in [3.05, 3.63) is 11.3 Å². The number of nitrogens with two attached hydrogens (primary N) is 2. The van der Waals surface area contributed by atoms with Gasteiger partial charge in [-0.15, -0.1) is 0 Å². The number of allylic oxidation sites excluding steroid dienone is 1. The minimum Gasteiger partial charge on any atom is -0.396 e. The van der Waals surface area contributed by atoms with Crippen molar-refractivity contribution in [1.82, 2.24) is 0 Å². The Balaban J connectivity index is 2.95. The molecule has 1 rings (SSSR count). The molecule has 0 aromatic rings. The van der Waals surface area contributed by atoms with E-state index in [4.69, 9.17) is 11.5 Å². The Bertz CT molecular complexity index is 241. The molecule has 1 aliphatic carbocycles. The summed E-state index contributed by atoms with van der Waals surface area (Å²) >= 11 is 0. The summed E-state index contributed by atoms with van der Waals surface area (Å²) in [6, 6.07) is 0. The molecule has 0 heterocycles. The van der Waals surface area contributed by atoms with E-state index in [1.807, 2.05) is 0 Å². The van der Waals surface area contributed by atoms with Crippen LogP contribution in [0.15, 0.2) is 11.3 Å². The normalized spacial score (nSPS) is 23.1. The lowest BCUT2D eigenvalue weighted by atomic mass is 9.75. The quantitative estimate of drug-likeness (QED) is 0.600. The molecule has 0 amide bonds. The van der Waals surface area contributed by atoms with Crippen molar-refractivity contribution in [2.24, 2.45) is 16.9 Å². The fourth-order valence-electron chi connectivity index (χ4n) is 1.64. The van der Waals surface area contributed by atoms with E-state index in [1.165, 1.54) is 0 Å². The zero-order valence-corrected chi connectivity index (χ0v) is 7.68. The first kappa shape index (κ1) is 9.26. The van der Waals surface area contributed by atoms with Gasteiger partial charge in [-0.1, -0.05) is 13.8 Å². The van der Waals surface area contributed by atoms with Crippen LogP contribution in [0.2, 0.25) is 0 Å². The Hall–Kier alpha value is -0.830. The number of Topliss-reactive ketones (excluding diaryl/α,β-unsaturated/α-hetero) is 1. The van der Waals surface area contributed by atoms with Crippen molar-refractivity contribution >= 4 is 5.78 Å². The van der Waals surface area contributed by atoms with Gasteiger partial charge in [-0.25, -0.2) is 0 Å². The molecule has 0 aliphatic heterocycles. The van der Waals surface area contributed by atoms with Gasteiger partial charge < -0.3 is 11.5 Å². The van der Waals surface area contributed by atoms with Crippen LogP contribution < -0.4 is 11.5 Å². The summed E-state index contributed by atoms with van der Waals surface area (Å²) in [6.07, 6.45) is 1.39. The standard InChI is InChI=1S/C9H16N2O/c1-9(2)3-6(5-10)8(11)7(12)4-9/h3-5,10-11H2,1-2H3. The number of ketones is 1. The van der Waals surface area contributed by atoms with Gasteiger partial charge in [-0.3, -0.25) is 4.79 Å². The van der Waals surface area contributed by atoms with Crippen LogP contribution in [-0.2, 0) is 4.79 Å². The maximum absolute atomic E-state index is 11.3. The summed E-state index contributed by atoms with van der Waals surface area (Å²) in [5, 5.41) is 0. The summed E-state index contributed by atoms with van der Waals surface area (Å²) in [7, 11) is 0. The fraction of sp³-hybridized carbons (Fsp3) is 0.667. The molecule has 12 heavy (non-hydrogen) atoms. The molecule has 3 nitrogen and oxygen atoms in total. The first-order chi connectivity index (χ1) is 5.46. The van der Waals surface area contributed by atoms with Gasteiger partial charge in [0.05, 0.1) is 5.70 Å². The minimum absolute atomic E-state index is 0.0364. The lowest BCUT2D eigenvalue weighted by Gasteiger charge is -2.30. The molecule has 3 heteroatoms. The molecule has 0 atom stereocenters. The Labute approximate surface area is 72.8 Å². The topological polar surface area (TPSA) is 69.1 Å². The minimum atomic E-state index is 0.0364. The van der Waals surface area contributed by atoms with Gasteiger partial charge >= 0.3 is 0 Å². The van der Waals surface area contributed by atoms with Gasteiger partial charge in [0.1, 0.15) is 0 Å². The predicted molar refractivity (Wildman–Crippen MR) is 48.3 cm³/mol. The zero-order valence-electron chi connectivity index (χ0n) is 7.68. The molecule has 0 saturated heterocycles. The van der Waals surface area contributed by atoms with Crippen molar-refractivity contribution in [2.75, 3.05) is 6.54 Å². The summed E-state index contributed by atoms with van der Waals surface area (Å²) in [5.74, 6) is 0.0479. The summed E-state index contributed by atoms with van der Waals surface area (Å²) < 4.78 is 0. The molecule has 0 radical (unpaired) electrons. The van der Waals surface area contributed by atoms with Crippen LogP contribution in [0, 0.1) is 5.41 Å². The van der Waals surface area contributed by atoms with Crippen LogP contribution in [0.25, 0.3) is 0 Å². The van der Waals surface area contributed by atoms with Gasteiger partial charge in [0.25, 0.3) is 0 Å². The molecule has 0 spiro atoms. The van der Waals surface area contributed by atoms with Crippen molar-refractivity contribution < 1.29 is 4.79 Å². The Morgan fingerprint density at radius 1 is 1.42 bits per heavy atom. The highest BCUT2D eigenvalue weighted by molar-refractivity contribution is 5.96. The molecule has 0 aromatic carbocycles. The maximum Gasteiger partial charge on any atom is 0.179 e. The van der Waals surface area contributed by atoms with E-state index in [0.717, 1.165) is 12.0 Å². The molecule has 0 saturated carbocycles. The lowest BCUT2D eigenvalue weighted by Crippen LogP contribution is -2.31. The highest BCUT2D eigenvalue weighted by Gasteiger charge is 2.30. The highest BCUT2D eigenvalue weighted by Crippen LogP contribution is 2.34. The Kier molecular flexibility index (Phi) is 2.24. The van der Waals surface area contributed by atoms with Gasteiger partial charge in [0.2, 0.25) is 0 Å². The monoisotopic (exact) mass is 168 g/mol. The molecule has 1 aliphatic rings. The molecule has 68 valence electrons. The molecular formula is C9H16N2O. The second-order valence-corrected chi connectivity index (χ2v) is 4.16. The SMILES string of the molecule is CC1(C)CC(=O)C(N)=C(CN)C1. The predicted octanol–water partition coefficient (Wildman–Crippen LogP) is 0.547. The second-order valence-electron chi connectivity index (χ2n) is 4.16. The third-order valence-electron chi connectivity index (χ3n) is 2.26. The van der Waals surface area contributed by atoms with Crippen LogP contribution in [0.5, 0.6) is 0 Å². The molecule has 0 bridgehead atoms. The molecular weight excluding hydrogens is 152 g/mol. The Morgan fingerprint density at radius 2 is 2.00 bits per heavy atom. The van der Waals surface area contributed by atoms with Gasteiger partial charge in [0.15, 0.2) is 5.78 Å². The molecule has 4 N–H and O–H groups in total. The third kappa shape index (κ3) is 1.67. The number of carbonyl (C=O) groups is 1. The number of carbonyl (C=O) groups excluding carboxylic acids is 1. The van der Waals surface area contributed by atoms with E-state index in [-0.39, 0.29) is 11.2 Å². The summed E-state index contributed by atoms with van der Waals surface area (Å²) in [4.78, 5) is 11.3. The van der Waals surface area contributed by atoms with Gasteiger partial charge in [-0.05, 0) is 17.4 Å². The number of hydrogen-bond donors (Lipinski definition) is 2. The van der Waals surface area contributed by atoms with Crippen molar-refractivity contribution in [3.63, 3.8) is 0 Å². The molecule has 0 aromatic heterocycles. The summed E-state index contributed by atoms with van der Waals surface area (Å²) in [5.41, 5.74) is 12.4. The highest BCUT2D eigenvalue weighted by atomic mass is 16.1. The maximum atomic E-state index is 11.3. The van der Waals surface area contributed by atoms with E-state index in [2.05, 4.69) is 13.8 Å². The first-order valence-corrected chi connectivity index (χ1v) is 4.17. The van der Waals surface area contributed by atoms with Crippen LogP contribution in [0.3, 0.4) is 0 Å². The smallest absolute Gasteiger partial charge is 0.179 e. The Morgan fingerprint density at radius 3 is 2.50 bits per heavy atom. The largest absolute Gasteiger partial charge is 0.396 e. The van der Waals surface area contributed by atoms with Crippen LogP contribution in [-0.4, -0.2) is 12.3 Å². The van der Waals surface area contributed by atoms with E-state index < -0.39 is 0 Å². The van der Waals surface area contributed by atoms with E-state index in [1.54, 1.807) is 0 Å². The van der Waals surface area contributed by atoms with Crippen molar-refractivity contribution in [1.29, 1.82) is 0 Å². The average Bonchev–Trinajstić information content (AvgIpc) is 1.96. The lowest BCUT2D eigenvalue weighted by molar-refractivity contribution is -0.118. The summed E-state index contributed by atoms with van der Waals surface area (Å²) in [6.45, 7) is 4.53. The van der Waals surface area contributed by atoms with E-state index in [0.29, 0.717) is 18.7 Å². The van der Waals surface area contributed by atoms with Crippen LogP contribution in [0.1, 0.15) is 26.7 Å². The van der Waals surface area contributed by atoms with E-state index in [9.17, 15) is 4.79 Å². The fourth-order valence-corrected chi connectivity index (χ4v) is 1.64. The van der Waals surface area contributed by atoms with Gasteiger partial charge in [-0.2, -0.15) is 0 Å². The molecule has 0 fully saturated rings. The number of hydrogen-bond acceptors (Lipinski definition) is 3. The zero-order chi connectivity index (χ0) is 9.35. The second kappa shape index (κ2) is 2.90. The average molecular weight is 168 g/mol. The molecule has 0 unspecified atom stereocenters. The first-order valence-electron chi connectivity index (χ1n) is 4.17. The van der Waals surface area contributed by atoms with Crippen molar-refractivity contribution in [2.45, 2.75) is 26.7 Å². The number of rotatable bonds is 1. The third-order valence-corrected chi connectivity index (χ3v) is 2.26. The van der Waals surface area contributed by atoms with Crippen LogP contribution in [0.4, 0.5) is 0 Å². The van der Waals surface area contributed by atoms with Gasteiger partial charge in [0, 0.05) is 13.0 Å².